The standard InChI is InChI=1S/C18H14I3NO4/c1-10(23)22-16(18(24)25)8-12-6-14(20)17(15(21)7-12)26-9-11-3-2-4-13(19)5-11/h2-8H,9H2,1H3,(H,22,23)(H,24,25)/b16-8+. The van der Waals surface area contributed by atoms with E-state index in [0.717, 1.165) is 22.0 Å². The third kappa shape index (κ3) is 6.37. The van der Waals surface area contributed by atoms with Crippen LogP contribution in [0.25, 0.3) is 6.08 Å². The topological polar surface area (TPSA) is 75.6 Å². The van der Waals surface area contributed by atoms with Gasteiger partial charge in [-0.3, -0.25) is 4.79 Å². The fraction of sp³-hybridized carbons (Fsp3) is 0.111. The number of carbonyl (C=O) groups excluding carboxylic acids is 1. The summed E-state index contributed by atoms with van der Waals surface area (Å²) in [7, 11) is 0. The van der Waals surface area contributed by atoms with E-state index in [0.29, 0.717) is 12.2 Å². The van der Waals surface area contributed by atoms with Crippen LogP contribution in [0.2, 0.25) is 0 Å². The summed E-state index contributed by atoms with van der Waals surface area (Å²) < 4.78 is 8.82. The van der Waals surface area contributed by atoms with Gasteiger partial charge in [-0.1, -0.05) is 12.1 Å². The first-order valence-electron chi connectivity index (χ1n) is 7.35. The monoisotopic (exact) mass is 689 g/mol. The highest BCUT2D eigenvalue weighted by Gasteiger charge is 2.12. The van der Waals surface area contributed by atoms with Crippen LogP contribution in [0.15, 0.2) is 42.1 Å². The van der Waals surface area contributed by atoms with Crippen LogP contribution in [0.3, 0.4) is 0 Å². The van der Waals surface area contributed by atoms with Crippen molar-refractivity contribution in [2.75, 3.05) is 0 Å². The van der Waals surface area contributed by atoms with Crippen LogP contribution in [0.1, 0.15) is 18.1 Å². The second kappa shape index (κ2) is 9.88. The van der Waals surface area contributed by atoms with Crippen molar-refractivity contribution in [1.29, 1.82) is 0 Å². The number of amides is 1. The average molecular weight is 689 g/mol. The van der Waals surface area contributed by atoms with Crippen molar-refractivity contribution in [3.05, 3.63) is 63.9 Å². The normalized spacial score (nSPS) is 11.2. The van der Waals surface area contributed by atoms with Crippen LogP contribution < -0.4 is 10.1 Å². The molecule has 0 spiro atoms. The van der Waals surface area contributed by atoms with Gasteiger partial charge in [-0.25, -0.2) is 4.79 Å². The zero-order chi connectivity index (χ0) is 19.3. The lowest BCUT2D eigenvalue weighted by molar-refractivity contribution is -0.134. The molecule has 1 amide bonds. The molecule has 0 atom stereocenters. The number of benzene rings is 2. The molecule has 5 nitrogen and oxygen atoms in total. The summed E-state index contributed by atoms with van der Waals surface area (Å²) >= 11 is 6.57. The Balaban J connectivity index is 2.24. The molecule has 2 aromatic rings. The summed E-state index contributed by atoms with van der Waals surface area (Å²) in [5.74, 6) is -0.872. The summed E-state index contributed by atoms with van der Waals surface area (Å²) in [5.41, 5.74) is 1.58. The first kappa shape index (κ1) is 21.4. The molecule has 2 N–H and O–H groups in total. The van der Waals surface area contributed by atoms with Crippen molar-refractivity contribution in [1.82, 2.24) is 5.32 Å². The molecule has 0 aliphatic rings. The third-order valence-corrected chi connectivity index (χ3v) is 5.42. The quantitative estimate of drug-likeness (QED) is 0.343. The number of hydrogen-bond donors (Lipinski definition) is 2. The highest BCUT2D eigenvalue weighted by Crippen LogP contribution is 2.30. The second-order valence-corrected chi connectivity index (χ2v) is 8.85. The first-order valence-corrected chi connectivity index (χ1v) is 10.6. The Kier molecular flexibility index (Phi) is 8.13. The van der Waals surface area contributed by atoms with E-state index in [1.807, 2.05) is 30.3 Å². The van der Waals surface area contributed by atoms with Gasteiger partial charge in [-0.15, -0.1) is 0 Å². The predicted octanol–water partition coefficient (Wildman–Crippen LogP) is 4.64. The number of nitrogens with one attached hydrogen (secondary N) is 1. The first-order chi connectivity index (χ1) is 12.3. The van der Waals surface area contributed by atoms with Crippen LogP contribution in [0, 0.1) is 10.7 Å². The highest BCUT2D eigenvalue weighted by atomic mass is 127. The molecule has 136 valence electrons. The maximum atomic E-state index is 11.3. The van der Waals surface area contributed by atoms with Crippen molar-refractivity contribution in [3.63, 3.8) is 0 Å². The summed E-state index contributed by atoms with van der Waals surface area (Å²) in [4.78, 5) is 22.4. The lowest BCUT2D eigenvalue weighted by Gasteiger charge is -2.12. The van der Waals surface area contributed by atoms with E-state index in [2.05, 4.69) is 79.2 Å². The lowest BCUT2D eigenvalue weighted by Crippen LogP contribution is -2.24. The van der Waals surface area contributed by atoms with Crippen molar-refractivity contribution < 1.29 is 19.4 Å². The van der Waals surface area contributed by atoms with Crippen molar-refractivity contribution >= 4 is 85.7 Å². The molecule has 8 heteroatoms. The van der Waals surface area contributed by atoms with Crippen LogP contribution in [0.5, 0.6) is 5.75 Å². The number of carboxylic acids is 1. The van der Waals surface area contributed by atoms with Gasteiger partial charge in [-0.2, -0.15) is 0 Å². The van der Waals surface area contributed by atoms with Gasteiger partial charge in [0.15, 0.2) is 0 Å². The Hall–Kier alpha value is -0.890. The molecule has 0 aromatic heterocycles. The molecular weight excluding hydrogens is 675 g/mol. The molecular formula is C18H14I3NO4. The van der Waals surface area contributed by atoms with E-state index in [4.69, 9.17) is 4.74 Å². The van der Waals surface area contributed by atoms with Gasteiger partial charge in [0.05, 0.1) is 7.14 Å². The number of carbonyl (C=O) groups is 2. The van der Waals surface area contributed by atoms with Gasteiger partial charge in [0.2, 0.25) is 5.91 Å². The van der Waals surface area contributed by atoms with E-state index in [-0.39, 0.29) is 5.70 Å². The Labute approximate surface area is 192 Å². The van der Waals surface area contributed by atoms with Crippen LogP contribution in [-0.4, -0.2) is 17.0 Å². The third-order valence-electron chi connectivity index (χ3n) is 3.14. The minimum absolute atomic E-state index is 0.170. The molecule has 0 radical (unpaired) electrons. The summed E-state index contributed by atoms with van der Waals surface area (Å²) in [6.45, 7) is 1.72. The molecule has 2 aromatic carbocycles. The van der Waals surface area contributed by atoms with Gasteiger partial charge in [0.25, 0.3) is 0 Å². The Morgan fingerprint density at radius 2 is 1.81 bits per heavy atom. The molecule has 0 bridgehead atoms. The summed E-state index contributed by atoms with van der Waals surface area (Å²) in [5, 5.41) is 11.5. The minimum Gasteiger partial charge on any atom is -0.487 e. The zero-order valence-corrected chi connectivity index (χ0v) is 20.0. The Morgan fingerprint density at radius 1 is 1.15 bits per heavy atom. The lowest BCUT2D eigenvalue weighted by atomic mass is 10.2. The molecule has 0 heterocycles. The molecule has 0 fully saturated rings. The van der Waals surface area contributed by atoms with E-state index in [9.17, 15) is 14.7 Å². The molecule has 0 saturated carbocycles. The predicted molar refractivity (Wildman–Crippen MR) is 125 cm³/mol. The molecule has 26 heavy (non-hydrogen) atoms. The van der Waals surface area contributed by atoms with Gasteiger partial charge >= 0.3 is 5.97 Å². The fourth-order valence-corrected chi connectivity index (χ4v) is 4.83. The number of hydrogen-bond acceptors (Lipinski definition) is 3. The average Bonchev–Trinajstić information content (AvgIpc) is 2.53. The van der Waals surface area contributed by atoms with E-state index in [1.165, 1.54) is 13.0 Å². The second-order valence-electron chi connectivity index (χ2n) is 5.28. The van der Waals surface area contributed by atoms with Gasteiger partial charge in [-0.05, 0) is 109 Å². The largest absolute Gasteiger partial charge is 0.487 e. The van der Waals surface area contributed by atoms with Gasteiger partial charge in [0.1, 0.15) is 18.1 Å². The SMILES string of the molecule is CC(=O)N/C(=C/c1cc(I)c(OCc2cccc(I)c2)c(I)c1)C(=O)O. The van der Waals surface area contributed by atoms with E-state index in [1.54, 1.807) is 0 Å². The number of ether oxygens (including phenoxy) is 1. The highest BCUT2D eigenvalue weighted by molar-refractivity contribution is 14.1. The number of rotatable bonds is 6. The van der Waals surface area contributed by atoms with Gasteiger partial charge < -0.3 is 15.2 Å². The maximum absolute atomic E-state index is 11.3. The molecule has 0 unspecified atom stereocenters. The van der Waals surface area contributed by atoms with E-state index < -0.39 is 11.9 Å². The van der Waals surface area contributed by atoms with Crippen LogP contribution in [-0.2, 0) is 16.2 Å². The molecule has 2 rings (SSSR count). The van der Waals surface area contributed by atoms with Crippen molar-refractivity contribution in [2.45, 2.75) is 13.5 Å². The number of aliphatic carboxylic acids is 1. The fourth-order valence-electron chi connectivity index (χ4n) is 2.09. The maximum Gasteiger partial charge on any atom is 0.352 e. The summed E-state index contributed by atoms with van der Waals surface area (Å²) in [6.07, 6.45) is 1.43. The van der Waals surface area contributed by atoms with Gasteiger partial charge in [0, 0.05) is 10.5 Å². The van der Waals surface area contributed by atoms with E-state index >= 15 is 0 Å². The molecule has 0 saturated heterocycles. The summed E-state index contributed by atoms with van der Waals surface area (Å²) in [6, 6.07) is 11.7. The Morgan fingerprint density at radius 3 is 2.35 bits per heavy atom. The molecule has 0 aliphatic heterocycles. The molecule has 0 aliphatic carbocycles. The van der Waals surface area contributed by atoms with Crippen molar-refractivity contribution in [2.24, 2.45) is 0 Å². The van der Waals surface area contributed by atoms with Crippen LogP contribution >= 0.6 is 67.8 Å². The smallest absolute Gasteiger partial charge is 0.352 e. The number of halogens is 3. The Bertz CT molecular complexity index is 857. The minimum atomic E-state index is -1.19. The van der Waals surface area contributed by atoms with Crippen molar-refractivity contribution in [3.8, 4) is 5.75 Å². The number of carboxylic acid groups (broad SMARTS) is 1. The van der Waals surface area contributed by atoms with Crippen LogP contribution in [0.4, 0.5) is 0 Å². The zero-order valence-electron chi connectivity index (χ0n) is 13.6.